The van der Waals surface area contributed by atoms with Crippen LogP contribution in [0, 0.1) is 0 Å². The quantitative estimate of drug-likeness (QED) is 0.215. The third-order valence-corrected chi connectivity index (χ3v) is 8.84. The number of rotatable bonds is 3. The first-order valence-electron chi connectivity index (χ1n) is 14.8. The summed E-state index contributed by atoms with van der Waals surface area (Å²) in [4.78, 5) is 14.9. The first-order valence-corrected chi connectivity index (χ1v) is 14.8. The van der Waals surface area contributed by atoms with E-state index >= 15 is 0 Å². The molecule has 0 saturated heterocycles. The number of nitrogens with zero attached hydrogens (tertiary/aromatic N) is 3. The zero-order valence-electron chi connectivity index (χ0n) is 23.7. The minimum absolute atomic E-state index is 0.547. The van der Waals surface area contributed by atoms with Crippen molar-refractivity contribution in [3.63, 3.8) is 0 Å². The highest BCUT2D eigenvalue weighted by Crippen LogP contribution is 2.62. The topological polar surface area (TPSA) is 47.9 Å². The summed E-state index contributed by atoms with van der Waals surface area (Å²) in [7, 11) is 0. The molecule has 2 aliphatic rings. The van der Waals surface area contributed by atoms with Gasteiger partial charge < -0.3 is 4.74 Å². The van der Waals surface area contributed by atoms with E-state index in [0.29, 0.717) is 5.82 Å². The van der Waals surface area contributed by atoms with Crippen LogP contribution in [-0.4, -0.2) is 15.0 Å². The monoisotopic (exact) mass is 563 g/mol. The molecule has 0 bridgehead atoms. The Labute approximate surface area is 255 Å². The van der Waals surface area contributed by atoms with Gasteiger partial charge in [0.25, 0.3) is 0 Å². The molecular formula is C40H25N3O. The van der Waals surface area contributed by atoms with E-state index in [1.807, 2.05) is 48.5 Å². The largest absolute Gasteiger partial charge is 0.456 e. The molecule has 1 spiro atoms. The zero-order valence-corrected chi connectivity index (χ0v) is 23.7. The first kappa shape index (κ1) is 24.7. The second-order valence-electron chi connectivity index (χ2n) is 11.2. The first-order chi connectivity index (χ1) is 21.8. The lowest BCUT2D eigenvalue weighted by atomic mass is 9.66. The predicted molar refractivity (Wildman–Crippen MR) is 174 cm³/mol. The van der Waals surface area contributed by atoms with Gasteiger partial charge >= 0.3 is 0 Å². The molecule has 2 aromatic heterocycles. The summed E-state index contributed by atoms with van der Waals surface area (Å²) in [5.41, 5.74) is 10.9. The fraction of sp³-hybridized carbons (Fsp3) is 0.0250. The zero-order chi connectivity index (χ0) is 29.1. The van der Waals surface area contributed by atoms with Crippen LogP contribution in [-0.2, 0) is 5.41 Å². The maximum Gasteiger partial charge on any atom is 0.164 e. The van der Waals surface area contributed by atoms with Crippen LogP contribution in [0.3, 0.4) is 0 Å². The number of hydrogen-bond donors (Lipinski definition) is 0. The maximum absolute atomic E-state index is 6.88. The van der Waals surface area contributed by atoms with Crippen molar-refractivity contribution in [1.29, 1.82) is 0 Å². The van der Waals surface area contributed by atoms with Crippen molar-refractivity contribution < 1.29 is 4.74 Å². The van der Waals surface area contributed by atoms with E-state index in [9.17, 15) is 0 Å². The summed E-state index contributed by atoms with van der Waals surface area (Å²) in [6.07, 6.45) is 1.79. The average Bonchev–Trinajstić information content (AvgIpc) is 3.40. The van der Waals surface area contributed by atoms with Crippen molar-refractivity contribution in [3.05, 3.63) is 174 Å². The van der Waals surface area contributed by atoms with E-state index < -0.39 is 5.41 Å². The van der Waals surface area contributed by atoms with E-state index in [1.54, 1.807) is 6.20 Å². The van der Waals surface area contributed by atoms with Crippen LogP contribution in [0.2, 0.25) is 0 Å². The Morgan fingerprint density at radius 3 is 1.82 bits per heavy atom. The van der Waals surface area contributed by atoms with Gasteiger partial charge in [-0.25, -0.2) is 9.97 Å². The highest BCUT2D eigenvalue weighted by atomic mass is 16.5. The Balaban J connectivity index is 1.35. The molecule has 1 aliphatic heterocycles. The third-order valence-electron chi connectivity index (χ3n) is 8.84. The second-order valence-corrected chi connectivity index (χ2v) is 11.2. The summed E-state index contributed by atoms with van der Waals surface area (Å²) >= 11 is 0. The number of aromatic nitrogens is 3. The maximum atomic E-state index is 6.88. The fourth-order valence-electron chi connectivity index (χ4n) is 7.02. The Kier molecular flexibility index (Phi) is 5.38. The number of benzene rings is 5. The summed E-state index contributed by atoms with van der Waals surface area (Å²) in [5, 5.41) is 0. The van der Waals surface area contributed by atoms with E-state index in [2.05, 4.69) is 102 Å². The lowest BCUT2D eigenvalue weighted by molar-refractivity contribution is 0.437. The summed E-state index contributed by atoms with van der Waals surface area (Å²) in [5.74, 6) is 2.20. The van der Waals surface area contributed by atoms with Gasteiger partial charge in [0.1, 0.15) is 11.5 Å². The molecule has 5 aromatic carbocycles. The fourth-order valence-corrected chi connectivity index (χ4v) is 7.02. The molecule has 0 N–H and O–H groups in total. The minimum atomic E-state index is -0.547. The molecule has 0 amide bonds. The van der Waals surface area contributed by atoms with Gasteiger partial charge in [-0.1, -0.05) is 115 Å². The number of hydrogen-bond acceptors (Lipinski definition) is 4. The Hall–Kier alpha value is -5.87. The molecule has 7 aromatic rings. The van der Waals surface area contributed by atoms with Crippen molar-refractivity contribution in [2.24, 2.45) is 0 Å². The molecule has 44 heavy (non-hydrogen) atoms. The van der Waals surface area contributed by atoms with Crippen molar-refractivity contribution in [2.75, 3.05) is 0 Å². The smallest absolute Gasteiger partial charge is 0.164 e. The van der Waals surface area contributed by atoms with E-state index in [-0.39, 0.29) is 0 Å². The van der Waals surface area contributed by atoms with Gasteiger partial charge in [0, 0.05) is 22.9 Å². The van der Waals surface area contributed by atoms with Crippen molar-refractivity contribution in [3.8, 4) is 56.7 Å². The molecule has 0 unspecified atom stereocenters. The number of ether oxygens (including phenoxy) is 1. The Morgan fingerprint density at radius 2 is 1.07 bits per heavy atom. The molecule has 0 radical (unpaired) electrons. The minimum Gasteiger partial charge on any atom is -0.456 e. The molecule has 4 nitrogen and oxygen atoms in total. The molecule has 0 saturated carbocycles. The molecule has 0 fully saturated rings. The molecule has 3 heterocycles. The van der Waals surface area contributed by atoms with Gasteiger partial charge in [0.2, 0.25) is 0 Å². The number of fused-ring (bicyclic) bond motifs is 9. The van der Waals surface area contributed by atoms with Gasteiger partial charge in [0.15, 0.2) is 5.82 Å². The van der Waals surface area contributed by atoms with Gasteiger partial charge in [0.05, 0.1) is 28.1 Å². The Bertz CT molecular complexity index is 2110. The summed E-state index contributed by atoms with van der Waals surface area (Å²) < 4.78 is 6.88. The highest BCUT2D eigenvalue weighted by Gasteiger charge is 2.51. The molecule has 9 rings (SSSR count). The molecule has 4 heteroatoms. The van der Waals surface area contributed by atoms with E-state index in [0.717, 1.165) is 50.8 Å². The SMILES string of the molecule is c1ccc(-c2cc(-c3ccccn3)nc(-c3cccc4c3Oc3ccccc3C43c4ccccc4-c4ccccc43)n2)cc1. The van der Waals surface area contributed by atoms with Gasteiger partial charge in [-0.15, -0.1) is 0 Å². The number of para-hydroxylation sites is 2. The third kappa shape index (κ3) is 3.48. The summed E-state index contributed by atoms with van der Waals surface area (Å²) in [6, 6.07) is 50.4. The second kappa shape index (κ2) is 9.58. The van der Waals surface area contributed by atoms with E-state index in [4.69, 9.17) is 14.7 Å². The lowest BCUT2D eigenvalue weighted by Gasteiger charge is -2.39. The van der Waals surface area contributed by atoms with Crippen LogP contribution in [0.5, 0.6) is 11.5 Å². The average molecular weight is 564 g/mol. The summed E-state index contributed by atoms with van der Waals surface area (Å²) in [6.45, 7) is 0. The standard InChI is InChI=1S/C40H25N3O/c1-2-13-26(14-3-1)35-25-36(34-22-10-11-24-41-34)43-39(42-35)29-17-12-21-33-38(29)44-37-23-9-8-20-32(37)40(33)30-18-6-4-15-27(30)28-16-5-7-19-31(28)40/h1-25H. The molecule has 1 aliphatic carbocycles. The number of pyridine rings is 1. The lowest BCUT2D eigenvalue weighted by Crippen LogP contribution is -2.32. The molecule has 0 atom stereocenters. The van der Waals surface area contributed by atoms with Gasteiger partial charge in [-0.3, -0.25) is 4.98 Å². The molecule has 206 valence electrons. The van der Waals surface area contributed by atoms with Crippen LogP contribution in [0.1, 0.15) is 22.3 Å². The highest BCUT2D eigenvalue weighted by molar-refractivity contribution is 5.90. The van der Waals surface area contributed by atoms with Crippen LogP contribution in [0.25, 0.3) is 45.2 Å². The normalized spacial score (nSPS) is 13.4. The van der Waals surface area contributed by atoms with Gasteiger partial charge in [-0.05, 0) is 52.6 Å². The predicted octanol–water partition coefficient (Wildman–Crippen LogP) is 9.34. The molecular weight excluding hydrogens is 538 g/mol. The van der Waals surface area contributed by atoms with E-state index in [1.165, 1.54) is 22.3 Å². The van der Waals surface area contributed by atoms with Crippen LogP contribution in [0.4, 0.5) is 0 Å². The van der Waals surface area contributed by atoms with Crippen LogP contribution < -0.4 is 4.74 Å². The van der Waals surface area contributed by atoms with Crippen LogP contribution >= 0.6 is 0 Å². The van der Waals surface area contributed by atoms with Gasteiger partial charge in [-0.2, -0.15) is 0 Å². The van der Waals surface area contributed by atoms with Crippen LogP contribution in [0.15, 0.2) is 152 Å². The van der Waals surface area contributed by atoms with Crippen molar-refractivity contribution >= 4 is 0 Å². The van der Waals surface area contributed by atoms with Crippen molar-refractivity contribution in [2.45, 2.75) is 5.41 Å². The Morgan fingerprint density at radius 1 is 0.455 bits per heavy atom. The van der Waals surface area contributed by atoms with Crippen molar-refractivity contribution in [1.82, 2.24) is 15.0 Å².